The Hall–Kier alpha value is -4.81. The minimum absolute atomic E-state index is 0.0748. The van der Waals surface area contributed by atoms with Gasteiger partial charge in [0.25, 0.3) is 0 Å². The molecule has 0 fully saturated rings. The molecule has 0 radical (unpaired) electrons. The molecule has 0 amide bonds. The van der Waals surface area contributed by atoms with E-state index in [1.54, 1.807) is 12.1 Å². The van der Waals surface area contributed by atoms with Crippen molar-refractivity contribution >= 4 is 34.6 Å². The van der Waals surface area contributed by atoms with Gasteiger partial charge in [0.15, 0.2) is 0 Å². The molecule has 0 atom stereocenters. The van der Waals surface area contributed by atoms with E-state index in [2.05, 4.69) is 6.92 Å². The van der Waals surface area contributed by atoms with E-state index in [1.165, 1.54) is 30.0 Å². The minimum Gasteiger partial charge on any atom is -0.489 e. The van der Waals surface area contributed by atoms with Crippen LogP contribution in [0.5, 0.6) is 23.0 Å². The average molecular weight is 553 g/mol. The van der Waals surface area contributed by atoms with Gasteiger partial charge in [-0.15, -0.1) is 0 Å². The summed E-state index contributed by atoms with van der Waals surface area (Å²) in [6, 6.07) is 26.9. The van der Waals surface area contributed by atoms with E-state index in [0.717, 1.165) is 17.5 Å². The molecular weight excluding hydrogens is 528 g/mol. The molecule has 0 bridgehead atoms. The Balaban J connectivity index is 1.18. The number of rotatable bonds is 9. The van der Waals surface area contributed by atoms with Gasteiger partial charge >= 0.3 is 5.97 Å². The largest absolute Gasteiger partial charge is 0.489 e. The summed E-state index contributed by atoms with van der Waals surface area (Å²) in [6.07, 6.45) is 5.14. The van der Waals surface area contributed by atoms with Crippen molar-refractivity contribution in [1.82, 2.24) is 0 Å². The van der Waals surface area contributed by atoms with Crippen LogP contribution in [-0.2, 0) is 17.8 Å². The molecule has 0 aliphatic heterocycles. The summed E-state index contributed by atoms with van der Waals surface area (Å²) in [5, 5.41) is 0.996. The van der Waals surface area contributed by atoms with Crippen molar-refractivity contribution in [2.45, 2.75) is 20.0 Å². The fraction of sp³-hybridized carbons (Fsp3) is 0.0909. The van der Waals surface area contributed by atoms with Gasteiger partial charge in [-0.1, -0.05) is 54.9 Å². The Morgan fingerprint density at radius 2 is 1.52 bits per heavy atom. The molecule has 6 nitrogen and oxygen atoms in total. The van der Waals surface area contributed by atoms with E-state index in [-0.39, 0.29) is 22.5 Å². The maximum atomic E-state index is 12.9. The number of esters is 1. The molecule has 0 saturated heterocycles. The summed E-state index contributed by atoms with van der Waals surface area (Å²) < 4.78 is 22.5. The quantitative estimate of drug-likeness (QED) is 0.105. The van der Waals surface area contributed by atoms with Gasteiger partial charge in [0.05, 0.1) is 5.39 Å². The van der Waals surface area contributed by atoms with Crippen LogP contribution in [0, 0.1) is 0 Å². The van der Waals surface area contributed by atoms with E-state index in [1.807, 2.05) is 72.8 Å². The molecule has 0 aliphatic rings. The zero-order valence-corrected chi connectivity index (χ0v) is 22.4. The van der Waals surface area contributed by atoms with E-state index >= 15 is 0 Å². The van der Waals surface area contributed by atoms with E-state index in [0.29, 0.717) is 28.5 Å². The Labute approximate surface area is 236 Å². The van der Waals surface area contributed by atoms with Gasteiger partial charge in [-0.25, -0.2) is 4.79 Å². The van der Waals surface area contributed by atoms with Crippen molar-refractivity contribution in [1.29, 1.82) is 0 Å². The first-order valence-electron chi connectivity index (χ1n) is 12.7. The smallest absolute Gasteiger partial charge is 0.336 e. The van der Waals surface area contributed by atoms with Crippen LogP contribution in [0.15, 0.2) is 113 Å². The number of ether oxygens (including phenoxy) is 3. The zero-order valence-electron chi connectivity index (χ0n) is 21.6. The second-order valence-electron chi connectivity index (χ2n) is 8.93. The number of benzene rings is 4. The molecule has 1 aromatic heterocycles. The fourth-order valence-electron chi connectivity index (χ4n) is 3.88. The fourth-order valence-corrected chi connectivity index (χ4v) is 4.01. The lowest BCUT2D eigenvalue weighted by Crippen LogP contribution is -2.06. The van der Waals surface area contributed by atoms with E-state index < -0.39 is 5.97 Å². The van der Waals surface area contributed by atoms with Gasteiger partial charge < -0.3 is 18.6 Å². The molecule has 200 valence electrons. The highest BCUT2D eigenvalue weighted by Crippen LogP contribution is 2.25. The summed E-state index contributed by atoms with van der Waals surface area (Å²) in [5.74, 6) is 1.00. The summed E-state index contributed by atoms with van der Waals surface area (Å²) >= 11 is 5.91. The molecule has 40 heavy (non-hydrogen) atoms. The van der Waals surface area contributed by atoms with Gasteiger partial charge in [-0.3, -0.25) is 4.79 Å². The second-order valence-corrected chi connectivity index (χ2v) is 9.36. The normalized spacial score (nSPS) is 11.1. The number of hydrogen-bond donors (Lipinski definition) is 0. The molecule has 0 aliphatic carbocycles. The lowest BCUT2D eigenvalue weighted by atomic mass is 10.2. The van der Waals surface area contributed by atoms with Crippen molar-refractivity contribution in [3.8, 4) is 23.0 Å². The summed E-state index contributed by atoms with van der Waals surface area (Å²) in [6.45, 7) is 2.49. The van der Waals surface area contributed by atoms with Crippen LogP contribution in [0.25, 0.3) is 17.0 Å². The standard InChI is InChI=1S/C33H25ClO6/c1-2-22-5-14-27(15-6-22)39-31-21-38-30-19-28(16-17-29(30)33(31)36)40-32(35)18-9-23-7-12-26(13-8-23)37-20-24-3-10-25(34)11-4-24/h3-19,21H,2,20H2,1H3. The highest BCUT2D eigenvalue weighted by atomic mass is 35.5. The Morgan fingerprint density at radius 1 is 0.850 bits per heavy atom. The second kappa shape index (κ2) is 12.4. The summed E-state index contributed by atoms with van der Waals surface area (Å²) in [4.78, 5) is 25.3. The van der Waals surface area contributed by atoms with Gasteiger partial charge in [0, 0.05) is 17.2 Å². The molecular formula is C33H25ClO6. The Bertz CT molecular complexity index is 1700. The zero-order chi connectivity index (χ0) is 27.9. The minimum atomic E-state index is -0.569. The number of carbonyl (C=O) groups is 1. The van der Waals surface area contributed by atoms with Crippen LogP contribution in [0.4, 0.5) is 0 Å². The van der Waals surface area contributed by atoms with Crippen molar-refractivity contribution in [2.24, 2.45) is 0 Å². The van der Waals surface area contributed by atoms with E-state index in [9.17, 15) is 9.59 Å². The SMILES string of the molecule is CCc1ccc(Oc2coc3cc(OC(=O)C=Cc4ccc(OCc5ccc(Cl)cc5)cc4)ccc3c2=O)cc1. The predicted octanol–water partition coefficient (Wildman–Crippen LogP) is 8.00. The third-order valence-corrected chi connectivity index (χ3v) is 6.35. The van der Waals surface area contributed by atoms with Crippen molar-refractivity contribution < 1.29 is 23.4 Å². The summed E-state index contributed by atoms with van der Waals surface area (Å²) in [7, 11) is 0. The topological polar surface area (TPSA) is 75.0 Å². The highest BCUT2D eigenvalue weighted by Gasteiger charge is 2.11. The van der Waals surface area contributed by atoms with E-state index in [4.69, 9.17) is 30.2 Å². The van der Waals surface area contributed by atoms with Crippen molar-refractivity contribution in [2.75, 3.05) is 0 Å². The van der Waals surface area contributed by atoms with Crippen molar-refractivity contribution in [3.63, 3.8) is 0 Å². The van der Waals surface area contributed by atoms with Crippen LogP contribution in [0.1, 0.15) is 23.6 Å². The molecule has 0 N–H and O–H groups in total. The van der Waals surface area contributed by atoms with Gasteiger partial charge in [-0.2, -0.15) is 0 Å². The highest BCUT2D eigenvalue weighted by molar-refractivity contribution is 6.30. The van der Waals surface area contributed by atoms with Crippen molar-refractivity contribution in [3.05, 3.63) is 135 Å². The van der Waals surface area contributed by atoms with Crippen LogP contribution in [-0.4, -0.2) is 5.97 Å². The Kier molecular flexibility index (Phi) is 8.28. The lowest BCUT2D eigenvalue weighted by molar-refractivity contribution is -0.128. The number of halogens is 1. The third kappa shape index (κ3) is 6.79. The molecule has 7 heteroatoms. The maximum Gasteiger partial charge on any atom is 0.336 e. The van der Waals surface area contributed by atoms with Crippen LogP contribution >= 0.6 is 11.6 Å². The first-order chi connectivity index (χ1) is 19.5. The molecule has 0 spiro atoms. The first kappa shape index (κ1) is 26.8. The third-order valence-electron chi connectivity index (χ3n) is 6.10. The van der Waals surface area contributed by atoms with Crippen LogP contribution < -0.4 is 19.6 Å². The van der Waals surface area contributed by atoms with Gasteiger partial charge in [-0.05, 0) is 77.7 Å². The molecule has 1 heterocycles. The van der Waals surface area contributed by atoms with Crippen LogP contribution in [0.3, 0.4) is 0 Å². The average Bonchev–Trinajstić information content (AvgIpc) is 2.98. The monoisotopic (exact) mass is 552 g/mol. The summed E-state index contributed by atoms with van der Waals surface area (Å²) in [5.41, 5.74) is 2.94. The number of fused-ring (bicyclic) bond motifs is 1. The number of hydrogen-bond acceptors (Lipinski definition) is 6. The van der Waals surface area contributed by atoms with Gasteiger partial charge in [0.2, 0.25) is 11.2 Å². The van der Waals surface area contributed by atoms with Crippen LogP contribution in [0.2, 0.25) is 5.02 Å². The Morgan fingerprint density at radius 3 is 2.25 bits per heavy atom. The number of carbonyl (C=O) groups excluding carboxylic acids is 1. The molecule has 4 aromatic carbocycles. The lowest BCUT2D eigenvalue weighted by Gasteiger charge is -2.07. The molecule has 5 rings (SSSR count). The molecule has 0 unspecified atom stereocenters. The predicted molar refractivity (Wildman–Crippen MR) is 155 cm³/mol. The maximum absolute atomic E-state index is 12.9. The van der Waals surface area contributed by atoms with Gasteiger partial charge in [0.1, 0.15) is 35.7 Å². The molecule has 5 aromatic rings. The number of aryl methyl sites for hydroxylation is 1. The molecule has 0 saturated carbocycles. The first-order valence-corrected chi connectivity index (χ1v) is 13.0.